The number of hydrogen-bond donors (Lipinski definition) is 4. The van der Waals surface area contributed by atoms with Crippen LogP contribution >= 0.6 is 47.3 Å². The zero-order valence-electron chi connectivity index (χ0n) is 14.9. The van der Waals surface area contributed by atoms with E-state index in [2.05, 4.69) is 20.0 Å². The Morgan fingerprint density at radius 2 is 2.11 bits per heavy atom. The third-order valence-electron chi connectivity index (χ3n) is 3.08. The average Bonchev–Trinajstić information content (AvgIpc) is 3.07. The van der Waals surface area contributed by atoms with Crippen LogP contribution in [0.15, 0.2) is 44.4 Å². The van der Waals surface area contributed by atoms with Crippen LogP contribution in [-0.2, 0) is 15.8 Å². The summed E-state index contributed by atoms with van der Waals surface area (Å²) in [5.41, 5.74) is 6.15. The highest BCUT2D eigenvalue weighted by atomic mass is 35.5. The van der Waals surface area contributed by atoms with Crippen LogP contribution in [0.3, 0.4) is 0 Å². The molecule has 0 bridgehead atoms. The van der Waals surface area contributed by atoms with Gasteiger partial charge in [0.05, 0.1) is 16.9 Å². The maximum atomic E-state index is 12.1. The zero-order valence-corrected chi connectivity index (χ0v) is 19.0. The van der Waals surface area contributed by atoms with Gasteiger partial charge in [-0.1, -0.05) is 0 Å². The lowest BCUT2D eigenvalue weighted by Crippen LogP contribution is -2.22. The molecule has 0 spiro atoms. The molecule has 1 aromatic carbocycles. The number of sulfonamides is 1. The quantitative estimate of drug-likeness (QED) is 0.178. The molecule has 0 unspecified atom stereocenters. The number of halogens is 1. The van der Waals surface area contributed by atoms with Crippen LogP contribution in [0.4, 0.5) is 5.13 Å². The molecule has 0 saturated heterocycles. The number of thioether (sulfide) groups is 2. The van der Waals surface area contributed by atoms with E-state index in [1.807, 2.05) is 11.6 Å². The molecule has 0 atom stereocenters. The van der Waals surface area contributed by atoms with Gasteiger partial charge in [-0.2, -0.15) is 11.8 Å². The number of aliphatic imine (C=N–C) groups is 1. The van der Waals surface area contributed by atoms with E-state index in [4.69, 9.17) is 11.1 Å². The predicted octanol–water partition coefficient (Wildman–Crippen LogP) is 2.83. The van der Waals surface area contributed by atoms with E-state index < -0.39 is 10.0 Å². The Morgan fingerprint density at radius 1 is 1.39 bits per heavy atom. The van der Waals surface area contributed by atoms with Gasteiger partial charge in [-0.3, -0.25) is 15.1 Å². The molecule has 1 aromatic heterocycles. The molecule has 5 N–H and O–H groups in total. The van der Waals surface area contributed by atoms with Crippen molar-refractivity contribution in [3.63, 3.8) is 0 Å². The first-order chi connectivity index (χ1) is 12.9. The summed E-state index contributed by atoms with van der Waals surface area (Å²) in [6.07, 6.45) is 3.15. The van der Waals surface area contributed by atoms with Crippen molar-refractivity contribution in [2.24, 2.45) is 10.7 Å². The summed E-state index contributed by atoms with van der Waals surface area (Å²) in [4.78, 5) is 9.58. The van der Waals surface area contributed by atoms with E-state index in [0.29, 0.717) is 17.4 Å². The van der Waals surface area contributed by atoms with Gasteiger partial charge in [-0.05, 0) is 30.5 Å². The Hall–Kier alpha value is -1.47. The number of thiazole rings is 1. The number of anilines is 1. The molecule has 0 aliphatic carbocycles. The van der Waals surface area contributed by atoms with E-state index in [9.17, 15) is 8.42 Å². The number of nitrogens with one attached hydrogen (secondary N) is 3. The van der Waals surface area contributed by atoms with Crippen LogP contribution in [0.5, 0.6) is 0 Å². The van der Waals surface area contributed by atoms with Gasteiger partial charge in [-0.25, -0.2) is 13.4 Å². The first kappa shape index (κ1) is 24.6. The predicted molar refractivity (Wildman–Crippen MR) is 123 cm³/mol. The van der Waals surface area contributed by atoms with Gasteiger partial charge in [0.2, 0.25) is 0 Å². The monoisotopic (exact) mass is 480 g/mol. The molecular formula is C15H21ClN6O2S4. The van der Waals surface area contributed by atoms with Gasteiger partial charge in [0.15, 0.2) is 11.1 Å². The maximum Gasteiger partial charge on any atom is 0.262 e. The van der Waals surface area contributed by atoms with Gasteiger partial charge < -0.3 is 11.1 Å². The minimum Gasteiger partial charge on any atom is -0.370 e. The number of hydrogen-bond acceptors (Lipinski definition) is 8. The molecular weight excluding hydrogens is 460 g/mol. The van der Waals surface area contributed by atoms with Crippen LogP contribution in [0.25, 0.3) is 0 Å². The van der Waals surface area contributed by atoms with Crippen molar-refractivity contribution < 1.29 is 8.42 Å². The Kier molecular flexibility index (Phi) is 10.7. The maximum absolute atomic E-state index is 12.1. The number of aromatic nitrogens is 1. The van der Waals surface area contributed by atoms with E-state index in [-0.39, 0.29) is 23.3 Å². The van der Waals surface area contributed by atoms with Crippen LogP contribution in [0.1, 0.15) is 5.69 Å². The molecule has 1 heterocycles. The van der Waals surface area contributed by atoms with E-state index >= 15 is 0 Å². The van der Waals surface area contributed by atoms with Gasteiger partial charge in [0, 0.05) is 28.3 Å². The molecule has 28 heavy (non-hydrogen) atoms. The van der Waals surface area contributed by atoms with Crippen molar-refractivity contribution >= 4 is 74.7 Å². The van der Waals surface area contributed by atoms with Crippen LogP contribution in [0.2, 0.25) is 0 Å². The Labute approximate surface area is 183 Å². The standard InChI is InChI=1S/C15H20N6O2S4.ClH/c1-24-12-2-4-13(5-3-12)27(22,23)19-10-18-6-7-25-8-11-9-26-15(20-11)21-14(16)17;/h2-5,9-10H,6-8H2,1H3,(H,18,19)(H4,16,17,20,21);1H. The van der Waals surface area contributed by atoms with Crippen LogP contribution in [-0.4, -0.2) is 44.3 Å². The Morgan fingerprint density at radius 3 is 2.75 bits per heavy atom. The second-order valence-corrected chi connectivity index (χ2v) is 9.62. The molecule has 13 heteroatoms. The SMILES string of the molecule is CSc1ccc(S(=O)(=O)NC=NCCSCc2csc(NC(=N)N)n2)cc1.Cl. The van der Waals surface area contributed by atoms with Gasteiger partial charge in [-0.15, -0.1) is 35.5 Å². The van der Waals surface area contributed by atoms with Crippen molar-refractivity contribution in [1.29, 1.82) is 5.41 Å². The summed E-state index contributed by atoms with van der Waals surface area (Å²) in [5.74, 6) is 1.30. The number of rotatable bonds is 10. The normalized spacial score (nSPS) is 11.2. The highest BCUT2D eigenvalue weighted by Gasteiger charge is 2.11. The summed E-state index contributed by atoms with van der Waals surface area (Å²) in [5, 5.41) is 12.3. The molecule has 154 valence electrons. The summed E-state index contributed by atoms with van der Waals surface area (Å²) >= 11 is 4.58. The molecule has 0 amide bonds. The second-order valence-electron chi connectivity index (χ2n) is 5.07. The molecule has 0 fully saturated rings. The average molecular weight is 481 g/mol. The molecule has 2 aromatic rings. The number of benzene rings is 1. The lowest BCUT2D eigenvalue weighted by Gasteiger charge is -2.04. The molecule has 2 rings (SSSR count). The summed E-state index contributed by atoms with van der Waals surface area (Å²) in [6.45, 7) is 0.487. The highest BCUT2D eigenvalue weighted by molar-refractivity contribution is 7.98. The van der Waals surface area contributed by atoms with E-state index in [0.717, 1.165) is 16.3 Å². The first-order valence-corrected chi connectivity index (χ1v) is 12.4. The van der Waals surface area contributed by atoms with Crippen LogP contribution in [0, 0.1) is 5.41 Å². The Bertz CT molecular complexity index is 886. The van der Waals surface area contributed by atoms with E-state index in [1.54, 1.807) is 47.8 Å². The second kappa shape index (κ2) is 12.2. The minimum atomic E-state index is -3.59. The molecule has 0 aliphatic heterocycles. The third-order valence-corrected chi connectivity index (χ3v) is 6.91. The summed E-state index contributed by atoms with van der Waals surface area (Å²) < 4.78 is 26.6. The van der Waals surface area contributed by atoms with Crippen molar-refractivity contribution in [2.75, 3.05) is 23.9 Å². The molecule has 8 nitrogen and oxygen atoms in total. The van der Waals surface area contributed by atoms with Crippen LogP contribution < -0.4 is 15.8 Å². The third kappa shape index (κ3) is 8.27. The first-order valence-electron chi connectivity index (χ1n) is 7.68. The van der Waals surface area contributed by atoms with Crippen molar-refractivity contribution in [3.05, 3.63) is 35.3 Å². The summed E-state index contributed by atoms with van der Waals surface area (Å²) in [6, 6.07) is 6.67. The fourth-order valence-electron chi connectivity index (χ4n) is 1.83. The molecule has 0 saturated carbocycles. The van der Waals surface area contributed by atoms with Gasteiger partial charge in [0.25, 0.3) is 10.0 Å². The Balaban J connectivity index is 0.00000392. The molecule has 0 radical (unpaired) electrons. The lowest BCUT2D eigenvalue weighted by molar-refractivity contribution is 0.593. The number of nitrogens with zero attached hydrogens (tertiary/aromatic N) is 2. The zero-order chi connectivity index (χ0) is 19.7. The minimum absolute atomic E-state index is 0. The fourth-order valence-corrected chi connectivity index (χ4v) is 4.65. The van der Waals surface area contributed by atoms with E-state index in [1.165, 1.54) is 17.7 Å². The molecule has 0 aliphatic rings. The summed E-state index contributed by atoms with van der Waals surface area (Å²) in [7, 11) is -3.59. The van der Waals surface area contributed by atoms with Gasteiger partial charge >= 0.3 is 0 Å². The van der Waals surface area contributed by atoms with Crippen molar-refractivity contribution in [2.45, 2.75) is 15.5 Å². The fraction of sp³-hybridized carbons (Fsp3) is 0.267. The number of guanidine groups is 1. The largest absolute Gasteiger partial charge is 0.370 e. The van der Waals surface area contributed by atoms with Crippen molar-refractivity contribution in [3.8, 4) is 0 Å². The number of nitrogens with two attached hydrogens (primary N) is 1. The lowest BCUT2D eigenvalue weighted by atomic mass is 10.4. The smallest absolute Gasteiger partial charge is 0.262 e. The van der Waals surface area contributed by atoms with Gasteiger partial charge in [0.1, 0.15) is 0 Å². The van der Waals surface area contributed by atoms with Crippen molar-refractivity contribution in [1.82, 2.24) is 9.71 Å². The topological polar surface area (TPSA) is 133 Å². The highest BCUT2D eigenvalue weighted by Crippen LogP contribution is 2.19.